The van der Waals surface area contributed by atoms with Crippen molar-refractivity contribution < 1.29 is 19.1 Å². The molecule has 3 aromatic rings. The van der Waals surface area contributed by atoms with Crippen molar-refractivity contribution in [2.24, 2.45) is 11.3 Å². The molecule has 2 aliphatic heterocycles. The van der Waals surface area contributed by atoms with Gasteiger partial charge >= 0.3 is 5.97 Å². The molecule has 0 radical (unpaired) electrons. The number of likely N-dealkylation sites (tertiary alicyclic amines) is 2. The molecule has 5 rings (SSSR count). The average Bonchev–Trinajstić information content (AvgIpc) is 3.56. The number of esters is 1. The SMILES string of the molecule is CC(C)(C)[C@H](CC(=O)OCc1ccccc1)C(=O)N1C[C@@H]2C[C@H]1CN2C(=O)c1ccc(-c2ccccc2)cn1. The highest BCUT2D eigenvalue weighted by Gasteiger charge is 2.50. The number of amides is 2. The Morgan fingerprint density at radius 1 is 0.872 bits per heavy atom. The first-order valence-corrected chi connectivity index (χ1v) is 13.5. The Morgan fingerprint density at radius 2 is 1.51 bits per heavy atom. The molecular weight excluding hydrogens is 490 g/mol. The standard InChI is InChI=1S/C32H35N3O4/c1-32(2,3)27(17-29(36)39-21-22-10-6-4-7-11-22)30(37)34-19-26-16-25(34)20-35(26)31(38)28-15-14-24(18-33-28)23-12-8-5-9-13-23/h4-15,18,25-27H,16-17,19-21H2,1-3H3/t25-,26-,27+/m0/s1. The summed E-state index contributed by atoms with van der Waals surface area (Å²) in [5, 5.41) is 0. The maximum atomic E-state index is 13.7. The summed E-state index contributed by atoms with van der Waals surface area (Å²) in [5.74, 6) is -1.02. The van der Waals surface area contributed by atoms with Gasteiger partial charge < -0.3 is 14.5 Å². The van der Waals surface area contributed by atoms with Crippen LogP contribution in [0.3, 0.4) is 0 Å². The number of piperazine rings is 1. The number of hydrogen-bond donors (Lipinski definition) is 0. The van der Waals surface area contributed by atoms with Gasteiger partial charge in [-0.2, -0.15) is 0 Å². The number of fused-ring (bicyclic) bond motifs is 2. The summed E-state index contributed by atoms with van der Waals surface area (Å²) < 4.78 is 5.49. The van der Waals surface area contributed by atoms with E-state index in [0.29, 0.717) is 18.8 Å². The normalized spacial score (nSPS) is 19.2. The van der Waals surface area contributed by atoms with E-state index in [4.69, 9.17) is 4.74 Å². The van der Waals surface area contributed by atoms with Gasteiger partial charge in [-0.3, -0.25) is 19.4 Å². The zero-order chi connectivity index (χ0) is 27.6. The third-order valence-electron chi connectivity index (χ3n) is 7.83. The molecule has 0 spiro atoms. The monoisotopic (exact) mass is 525 g/mol. The van der Waals surface area contributed by atoms with E-state index < -0.39 is 11.3 Å². The molecule has 2 saturated heterocycles. The first-order chi connectivity index (χ1) is 18.7. The van der Waals surface area contributed by atoms with Crippen molar-refractivity contribution in [1.82, 2.24) is 14.8 Å². The second-order valence-corrected chi connectivity index (χ2v) is 11.6. The first kappa shape index (κ1) is 26.6. The highest BCUT2D eigenvalue weighted by molar-refractivity contribution is 5.93. The molecule has 0 saturated carbocycles. The Balaban J connectivity index is 1.20. The van der Waals surface area contributed by atoms with E-state index in [2.05, 4.69) is 4.98 Å². The van der Waals surface area contributed by atoms with E-state index in [9.17, 15) is 14.4 Å². The minimum Gasteiger partial charge on any atom is -0.461 e. The van der Waals surface area contributed by atoms with Crippen LogP contribution < -0.4 is 0 Å². The number of nitrogens with zero attached hydrogens (tertiary/aromatic N) is 3. The molecule has 0 aliphatic carbocycles. The van der Waals surface area contributed by atoms with Gasteiger partial charge in [-0.15, -0.1) is 0 Å². The lowest BCUT2D eigenvalue weighted by molar-refractivity contribution is -0.153. The van der Waals surface area contributed by atoms with E-state index in [-0.39, 0.29) is 42.9 Å². The lowest BCUT2D eigenvalue weighted by atomic mass is 9.77. The van der Waals surface area contributed by atoms with Gasteiger partial charge in [-0.1, -0.05) is 87.5 Å². The maximum Gasteiger partial charge on any atom is 0.306 e. The van der Waals surface area contributed by atoms with Crippen LogP contribution in [0.5, 0.6) is 0 Å². The quantitative estimate of drug-likeness (QED) is 0.407. The van der Waals surface area contributed by atoms with E-state index >= 15 is 0 Å². The third kappa shape index (κ3) is 5.87. The van der Waals surface area contributed by atoms with Crippen LogP contribution in [0.15, 0.2) is 79.0 Å². The summed E-state index contributed by atoms with van der Waals surface area (Å²) in [6.07, 6.45) is 2.51. The topological polar surface area (TPSA) is 79.8 Å². The predicted molar refractivity (Wildman–Crippen MR) is 148 cm³/mol. The van der Waals surface area contributed by atoms with Crippen LogP contribution in [0, 0.1) is 11.3 Å². The number of pyridine rings is 1. The second-order valence-electron chi connectivity index (χ2n) is 11.6. The summed E-state index contributed by atoms with van der Waals surface area (Å²) >= 11 is 0. The lowest BCUT2D eigenvalue weighted by Gasteiger charge is -2.38. The van der Waals surface area contributed by atoms with Crippen molar-refractivity contribution in [2.45, 2.75) is 52.3 Å². The molecule has 1 aromatic heterocycles. The highest BCUT2D eigenvalue weighted by atomic mass is 16.5. The third-order valence-corrected chi connectivity index (χ3v) is 7.83. The van der Waals surface area contributed by atoms with Crippen molar-refractivity contribution >= 4 is 17.8 Å². The second kappa shape index (κ2) is 11.0. The molecule has 39 heavy (non-hydrogen) atoms. The largest absolute Gasteiger partial charge is 0.461 e. The van der Waals surface area contributed by atoms with Crippen molar-refractivity contribution in [3.05, 3.63) is 90.3 Å². The zero-order valence-corrected chi connectivity index (χ0v) is 22.7. The highest BCUT2D eigenvalue weighted by Crippen LogP contribution is 2.37. The van der Waals surface area contributed by atoms with Crippen molar-refractivity contribution in [1.29, 1.82) is 0 Å². The fourth-order valence-electron chi connectivity index (χ4n) is 5.58. The number of hydrogen-bond acceptors (Lipinski definition) is 5. The van der Waals surface area contributed by atoms with E-state index in [1.54, 1.807) is 12.3 Å². The zero-order valence-electron chi connectivity index (χ0n) is 22.7. The Bertz CT molecular complexity index is 1320. The number of rotatable bonds is 7. The minimum absolute atomic E-state index is 0.0311. The molecule has 2 fully saturated rings. The van der Waals surface area contributed by atoms with E-state index in [1.807, 2.05) is 97.3 Å². The van der Waals surface area contributed by atoms with Gasteiger partial charge in [0, 0.05) is 24.8 Å². The molecular formula is C32H35N3O4. The Labute approximate surface area is 229 Å². The fourth-order valence-corrected chi connectivity index (χ4v) is 5.58. The maximum absolute atomic E-state index is 13.7. The Hall–Kier alpha value is -4.00. The van der Waals surface area contributed by atoms with Crippen LogP contribution in [0.4, 0.5) is 0 Å². The number of aromatic nitrogens is 1. The number of ether oxygens (including phenoxy) is 1. The summed E-state index contributed by atoms with van der Waals surface area (Å²) in [5.41, 5.74) is 2.92. The van der Waals surface area contributed by atoms with Crippen LogP contribution >= 0.6 is 0 Å². The molecule has 0 N–H and O–H groups in total. The Kier molecular flexibility index (Phi) is 7.51. The average molecular weight is 526 g/mol. The van der Waals surface area contributed by atoms with Gasteiger partial charge in [0.15, 0.2) is 0 Å². The Morgan fingerprint density at radius 3 is 2.10 bits per heavy atom. The predicted octanol–water partition coefficient (Wildman–Crippen LogP) is 4.97. The summed E-state index contributed by atoms with van der Waals surface area (Å²) in [4.78, 5) is 47.9. The lowest BCUT2D eigenvalue weighted by Crippen LogP contribution is -2.53. The number of carbonyl (C=O) groups excluding carboxylic acids is 3. The smallest absolute Gasteiger partial charge is 0.306 e. The molecule has 2 bridgehead atoms. The summed E-state index contributed by atoms with van der Waals surface area (Å²) in [6, 6.07) is 23.0. The van der Waals surface area contributed by atoms with Crippen LogP contribution in [-0.4, -0.2) is 57.7 Å². The van der Waals surface area contributed by atoms with Crippen molar-refractivity contribution in [3.8, 4) is 11.1 Å². The molecule has 0 unspecified atom stereocenters. The van der Waals surface area contributed by atoms with Gasteiger partial charge in [0.05, 0.1) is 24.4 Å². The molecule has 2 aromatic carbocycles. The summed E-state index contributed by atoms with van der Waals surface area (Å²) in [7, 11) is 0. The molecule has 2 aliphatic rings. The van der Waals surface area contributed by atoms with Crippen molar-refractivity contribution in [2.75, 3.05) is 13.1 Å². The van der Waals surface area contributed by atoms with E-state index in [1.165, 1.54) is 0 Å². The summed E-state index contributed by atoms with van der Waals surface area (Å²) in [6.45, 7) is 7.09. The van der Waals surface area contributed by atoms with Gasteiger partial charge in [0.2, 0.25) is 5.91 Å². The fraction of sp³-hybridized carbons (Fsp3) is 0.375. The molecule has 202 valence electrons. The van der Waals surface area contributed by atoms with Crippen LogP contribution in [0.25, 0.3) is 11.1 Å². The minimum atomic E-state index is -0.503. The van der Waals surface area contributed by atoms with Crippen LogP contribution in [-0.2, 0) is 20.9 Å². The molecule has 7 nitrogen and oxygen atoms in total. The molecule has 3 atom stereocenters. The molecule has 7 heteroatoms. The van der Waals surface area contributed by atoms with Crippen LogP contribution in [0.1, 0.15) is 49.7 Å². The molecule has 2 amide bonds. The van der Waals surface area contributed by atoms with Gasteiger partial charge in [-0.25, -0.2) is 0 Å². The number of carbonyl (C=O) groups is 3. The van der Waals surface area contributed by atoms with E-state index in [0.717, 1.165) is 23.1 Å². The van der Waals surface area contributed by atoms with Gasteiger partial charge in [-0.05, 0) is 29.0 Å². The van der Waals surface area contributed by atoms with Crippen molar-refractivity contribution in [3.63, 3.8) is 0 Å². The van der Waals surface area contributed by atoms with Gasteiger partial charge in [0.25, 0.3) is 5.91 Å². The molecule has 3 heterocycles. The van der Waals surface area contributed by atoms with Crippen LogP contribution in [0.2, 0.25) is 0 Å². The number of benzene rings is 2. The first-order valence-electron chi connectivity index (χ1n) is 13.5. The van der Waals surface area contributed by atoms with Gasteiger partial charge in [0.1, 0.15) is 12.3 Å².